The van der Waals surface area contributed by atoms with Crippen molar-refractivity contribution in [2.45, 2.75) is 32.4 Å². The number of fused-ring (bicyclic) bond motifs is 2. The van der Waals surface area contributed by atoms with Gasteiger partial charge in [-0.25, -0.2) is 13.5 Å². The Morgan fingerprint density at radius 2 is 1.57 bits per heavy atom. The molecule has 10 nitrogen and oxygen atoms in total. The summed E-state index contributed by atoms with van der Waals surface area (Å²) in [5.74, 6) is -2.67. The van der Waals surface area contributed by atoms with E-state index in [0.29, 0.717) is 11.6 Å². The van der Waals surface area contributed by atoms with Crippen molar-refractivity contribution in [3.63, 3.8) is 0 Å². The molecule has 4 rings (SSSR count). The van der Waals surface area contributed by atoms with E-state index in [1.165, 1.54) is 29.2 Å². The molecule has 0 spiro atoms. The number of rotatable bonds is 8. The van der Waals surface area contributed by atoms with Crippen LogP contribution in [-0.2, 0) is 38.8 Å². The molecule has 0 unspecified atom stereocenters. The Morgan fingerprint density at radius 3 is 2.12 bits per heavy atom. The number of alkyl halides is 3. The molecule has 18 heteroatoms. The molecule has 3 aromatic rings. The van der Waals surface area contributed by atoms with Gasteiger partial charge in [0.1, 0.15) is 11.6 Å². The predicted octanol–water partition coefficient (Wildman–Crippen LogP) is 5.31. The van der Waals surface area contributed by atoms with E-state index in [1.807, 2.05) is 0 Å². The Labute approximate surface area is 248 Å². The molecule has 0 fully saturated rings. The van der Waals surface area contributed by atoms with Crippen molar-refractivity contribution < 1.29 is 48.1 Å². The number of aryl methyl sites for hydroxylation is 1. The van der Waals surface area contributed by atoms with Gasteiger partial charge < -0.3 is 9.80 Å². The molecule has 2 N–H and O–H groups in total. The maximum Gasteiger partial charge on any atom is 0.417 e. The van der Waals surface area contributed by atoms with Gasteiger partial charge in [-0.15, -0.1) is 0 Å². The van der Waals surface area contributed by atoms with E-state index in [0.717, 1.165) is 21.6 Å². The average molecular weight is 675 g/mol. The lowest BCUT2D eigenvalue weighted by Crippen LogP contribution is -2.40. The molecule has 2 heterocycles. The fourth-order valence-corrected chi connectivity index (χ4v) is 6.40. The normalized spacial score (nSPS) is 15.5. The van der Waals surface area contributed by atoms with Crippen molar-refractivity contribution >= 4 is 71.9 Å². The highest BCUT2D eigenvalue weighted by Crippen LogP contribution is 2.47. The second-order valence-corrected chi connectivity index (χ2v) is 12.7. The van der Waals surface area contributed by atoms with Gasteiger partial charge in [-0.1, -0.05) is 29.3 Å². The Hall–Kier alpha value is -2.89. The molecule has 0 amide bonds. The summed E-state index contributed by atoms with van der Waals surface area (Å²) in [6.45, 7) is 3.75. The van der Waals surface area contributed by atoms with Crippen LogP contribution in [0.3, 0.4) is 0 Å². The topological polar surface area (TPSA) is 124 Å². The number of allylic oxidation sites excluding steroid dienone is 2. The van der Waals surface area contributed by atoms with Crippen LogP contribution in [0.15, 0.2) is 42.2 Å². The molecule has 0 bridgehead atoms. The first-order valence-electron chi connectivity index (χ1n) is 12.0. The maximum absolute atomic E-state index is 14.3. The molecule has 0 radical (unpaired) electrons. The first kappa shape index (κ1) is 32.0. The molecular formula is C24H23Cl2F4N4O6S2+. The largest absolute Gasteiger partial charge is 0.417 e. The van der Waals surface area contributed by atoms with Crippen LogP contribution in [0, 0.1) is 5.82 Å². The van der Waals surface area contributed by atoms with Crippen LogP contribution in [-0.4, -0.2) is 42.9 Å². The van der Waals surface area contributed by atoms with Crippen molar-refractivity contribution in [2.75, 3.05) is 22.2 Å². The molecule has 1 aliphatic heterocycles. The predicted molar refractivity (Wildman–Crippen MR) is 150 cm³/mol. The minimum atomic E-state index is -4.85. The van der Waals surface area contributed by atoms with Gasteiger partial charge in [-0.2, -0.15) is 30.0 Å². The lowest BCUT2D eigenvalue weighted by Gasteiger charge is -2.23. The van der Waals surface area contributed by atoms with Crippen molar-refractivity contribution in [2.24, 2.45) is 0 Å². The summed E-state index contributed by atoms with van der Waals surface area (Å²) in [5.41, 5.74) is -0.811. The summed E-state index contributed by atoms with van der Waals surface area (Å²) in [7, 11) is -9.36. The highest BCUT2D eigenvalue weighted by molar-refractivity contribution is 7.85. The van der Waals surface area contributed by atoms with Gasteiger partial charge in [0.25, 0.3) is 15.9 Å². The van der Waals surface area contributed by atoms with Crippen LogP contribution < -0.4 is 14.4 Å². The molecule has 0 aliphatic carbocycles. The highest BCUT2D eigenvalue weighted by atomic mass is 35.5. The van der Waals surface area contributed by atoms with Crippen molar-refractivity contribution in [1.29, 1.82) is 0 Å². The summed E-state index contributed by atoms with van der Waals surface area (Å²) in [6.07, 6.45) is -0.787. The Kier molecular flexibility index (Phi) is 8.63. The number of benzene rings is 2. The lowest BCUT2D eigenvalue weighted by molar-refractivity contribution is -0.654. The quantitative estimate of drug-likeness (QED) is 0.188. The Morgan fingerprint density at radius 1 is 0.929 bits per heavy atom. The Balaban J connectivity index is 1.92. The first-order valence-corrected chi connectivity index (χ1v) is 16.0. The third kappa shape index (κ3) is 6.38. The van der Waals surface area contributed by atoms with Gasteiger partial charge in [0.05, 0.1) is 33.5 Å². The van der Waals surface area contributed by atoms with Crippen molar-refractivity contribution in [1.82, 2.24) is 4.57 Å². The molecule has 1 aliphatic rings. The molecule has 0 saturated heterocycles. The number of hydrogen-bond acceptors (Lipinski definition) is 6. The maximum atomic E-state index is 14.3. The van der Waals surface area contributed by atoms with Gasteiger partial charge in [-0.05, 0) is 32.1 Å². The summed E-state index contributed by atoms with van der Waals surface area (Å²) in [4.78, 5) is 2.43. The second kappa shape index (κ2) is 11.3. The van der Waals surface area contributed by atoms with E-state index in [9.17, 15) is 43.5 Å². The molecule has 2 aromatic carbocycles. The third-order valence-electron chi connectivity index (χ3n) is 6.36. The van der Waals surface area contributed by atoms with Crippen molar-refractivity contribution in [3.05, 3.63) is 69.5 Å². The third-order valence-corrected chi connectivity index (χ3v) is 8.14. The monoisotopic (exact) mass is 673 g/mol. The van der Waals surface area contributed by atoms with Gasteiger partial charge in [0.2, 0.25) is 5.88 Å². The number of imidazole rings is 1. The Bertz CT molecular complexity index is 1860. The SMILES string of the molecule is CCN1C(=CC=Cc2n(CC)c3cc(Cl)c(F)cc3[n+]2CS(=O)(=O)O)N(CS(=O)(=O)O)c2cc(C(F)(F)F)c(Cl)cc21. The minimum absolute atomic E-state index is 0.0475. The van der Waals surface area contributed by atoms with Crippen LogP contribution >= 0.6 is 23.2 Å². The van der Waals surface area contributed by atoms with Gasteiger partial charge in [0.15, 0.2) is 16.9 Å². The first-order chi connectivity index (χ1) is 19.4. The zero-order chi connectivity index (χ0) is 31.4. The van der Waals surface area contributed by atoms with Crippen LogP contribution in [0.2, 0.25) is 10.0 Å². The molecule has 1 aromatic heterocycles. The number of halogens is 6. The van der Waals surface area contributed by atoms with Gasteiger partial charge in [-0.3, -0.25) is 9.11 Å². The zero-order valence-corrected chi connectivity index (χ0v) is 24.9. The van der Waals surface area contributed by atoms with Crippen LogP contribution in [0.4, 0.5) is 28.9 Å². The number of hydrogen-bond donors (Lipinski definition) is 2. The van der Waals surface area contributed by atoms with Crippen molar-refractivity contribution in [3.8, 4) is 0 Å². The number of aromatic nitrogens is 2. The molecule has 0 atom stereocenters. The van der Waals surface area contributed by atoms with Gasteiger partial charge >= 0.3 is 16.3 Å². The van der Waals surface area contributed by atoms with E-state index >= 15 is 0 Å². The van der Waals surface area contributed by atoms with Crippen LogP contribution in [0.1, 0.15) is 25.2 Å². The summed E-state index contributed by atoms with van der Waals surface area (Å²) < 4.78 is 124. The summed E-state index contributed by atoms with van der Waals surface area (Å²) >= 11 is 11.9. The summed E-state index contributed by atoms with van der Waals surface area (Å²) in [6, 6.07) is 4.02. The summed E-state index contributed by atoms with van der Waals surface area (Å²) in [5, 5.41) is -0.848. The fourth-order valence-electron chi connectivity index (χ4n) is 4.79. The number of anilines is 2. The minimum Gasteiger partial charge on any atom is -0.326 e. The number of nitrogens with zero attached hydrogens (tertiary/aromatic N) is 4. The smallest absolute Gasteiger partial charge is 0.326 e. The van der Waals surface area contributed by atoms with E-state index < -0.39 is 54.6 Å². The van der Waals surface area contributed by atoms with Crippen LogP contribution in [0.5, 0.6) is 0 Å². The van der Waals surface area contributed by atoms with E-state index in [1.54, 1.807) is 18.4 Å². The molecule has 42 heavy (non-hydrogen) atoms. The second-order valence-electron chi connectivity index (χ2n) is 9.08. The highest BCUT2D eigenvalue weighted by Gasteiger charge is 2.39. The zero-order valence-electron chi connectivity index (χ0n) is 21.8. The van der Waals surface area contributed by atoms with E-state index in [-0.39, 0.29) is 46.6 Å². The molecular weight excluding hydrogens is 651 g/mol. The molecule has 228 valence electrons. The average Bonchev–Trinajstić information content (AvgIpc) is 3.26. The van der Waals surface area contributed by atoms with Gasteiger partial charge in [0, 0.05) is 24.8 Å². The van der Waals surface area contributed by atoms with E-state index in [2.05, 4.69) is 0 Å². The fraction of sp³-hybridized carbons (Fsp3) is 0.292. The lowest BCUT2D eigenvalue weighted by atomic mass is 10.1. The van der Waals surface area contributed by atoms with Crippen LogP contribution in [0.25, 0.3) is 17.1 Å². The molecule has 0 saturated carbocycles. The standard InChI is InChI=1S/C24H22Cl2F4N4O6S2/c1-3-31-19-9-15(25)14(24(28,29)30)8-18(19)33(12-41(35,36)37)22(31)6-5-7-23-32(4-2)20-10-16(26)17(27)11-21(20)34(23)13-42(38,39)40/h5-11H,3-4,12-13H2,1-2H3,(H-,35,36,37,38,39,40)/p+1. The van der Waals surface area contributed by atoms with E-state index in [4.69, 9.17) is 23.2 Å².